The maximum atomic E-state index is 14.1. The third kappa shape index (κ3) is 4.63. The summed E-state index contributed by atoms with van der Waals surface area (Å²) < 4.78 is 20.0. The maximum absolute atomic E-state index is 14.1. The van der Waals surface area contributed by atoms with E-state index in [2.05, 4.69) is 11.8 Å². The van der Waals surface area contributed by atoms with E-state index < -0.39 is 6.17 Å². The third-order valence-electron chi connectivity index (χ3n) is 5.41. The van der Waals surface area contributed by atoms with Crippen molar-refractivity contribution in [3.63, 3.8) is 0 Å². The number of amides is 1. The number of carbonyl (C=O) groups is 1. The van der Waals surface area contributed by atoms with Gasteiger partial charge in [-0.05, 0) is 56.3 Å². The van der Waals surface area contributed by atoms with Gasteiger partial charge in [0.15, 0.2) is 6.17 Å². The molecule has 0 aromatic heterocycles. The van der Waals surface area contributed by atoms with Crippen molar-refractivity contribution in [1.82, 2.24) is 4.90 Å². The van der Waals surface area contributed by atoms with Crippen LogP contribution in [0.3, 0.4) is 0 Å². The van der Waals surface area contributed by atoms with Gasteiger partial charge in [-0.25, -0.2) is 4.39 Å². The molecule has 0 aliphatic carbocycles. The lowest BCUT2D eigenvalue weighted by Gasteiger charge is -2.34. The summed E-state index contributed by atoms with van der Waals surface area (Å²) in [5, 5.41) is 0. The quantitative estimate of drug-likeness (QED) is 0.744. The van der Waals surface area contributed by atoms with Crippen LogP contribution in [-0.4, -0.2) is 55.9 Å². The Morgan fingerprint density at radius 3 is 2.73 bits per heavy atom. The molecule has 2 heterocycles. The average Bonchev–Trinajstić information content (AvgIpc) is 2.64. The second kappa shape index (κ2) is 8.96. The first-order chi connectivity index (χ1) is 12.6. The highest BCUT2D eigenvalue weighted by Crippen LogP contribution is 2.30. The second-order valence-electron chi connectivity index (χ2n) is 7.56. The van der Waals surface area contributed by atoms with Crippen molar-refractivity contribution in [2.75, 3.05) is 37.7 Å². The van der Waals surface area contributed by atoms with E-state index >= 15 is 0 Å². The summed E-state index contributed by atoms with van der Waals surface area (Å²) >= 11 is 0. The Labute approximate surface area is 156 Å². The predicted octanol–water partition coefficient (Wildman–Crippen LogP) is 3.50. The zero-order chi connectivity index (χ0) is 18.5. The number of piperidine rings is 1. The molecule has 144 valence electrons. The second-order valence-corrected chi connectivity index (χ2v) is 7.56. The SMILES string of the molecule is CCCOC1CCN(CCCN2C(=O)C(F)Cc3ccc(C)cc32)CC1. The standard InChI is InChI=1S/C21H31FN2O2/c1-3-13-26-18-7-11-23(12-8-18)9-4-10-24-20-14-16(2)5-6-17(20)15-19(22)21(24)25/h5-6,14,18-19H,3-4,7-13,15H2,1-2H3. The van der Waals surface area contributed by atoms with E-state index in [1.54, 1.807) is 4.90 Å². The van der Waals surface area contributed by atoms with Crippen LogP contribution >= 0.6 is 0 Å². The van der Waals surface area contributed by atoms with Gasteiger partial charge in [0.2, 0.25) is 0 Å². The number of nitrogens with zero attached hydrogens (tertiary/aromatic N) is 2. The topological polar surface area (TPSA) is 32.8 Å². The minimum absolute atomic E-state index is 0.205. The number of hydrogen-bond acceptors (Lipinski definition) is 3. The smallest absolute Gasteiger partial charge is 0.261 e. The number of likely N-dealkylation sites (tertiary alicyclic amines) is 1. The Morgan fingerprint density at radius 2 is 2.00 bits per heavy atom. The molecule has 0 N–H and O–H groups in total. The highest BCUT2D eigenvalue weighted by atomic mass is 19.1. The van der Waals surface area contributed by atoms with Crippen molar-refractivity contribution in [2.24, 2.45) is 0 Å². The molecule has 2 aliphatic rings. The van der Waals surface area contributed by atoms with Crippen LogP contribution in [0.1, 0.15) is 43.7 Å². The molecule has 0 radical (unpaired) electrons. The maximum Gasteiger partial charge on any atom is 0.261 e. The Hall–Kier alpha value is -1.46. The largest absolute Gasteiger partial charge is 0.378 e. The van der Waals surface area contributed by atoms with Crippen molar-refractivity contribution < 1.29 is 13.9 Å². The first-order valence-electron chi connectivity index (χ1n) is 9.97. The molecule has 4 nitrogen and oxygen atoms in total. The number of carbonyl (C=O) groups excluding carboxylic acids is 1. The number of hydrogen-bond donors (Lipinski definition) is 0. The fourth-order valence-corrected chi connectivity index (χ4v) is 3.93. The molecule has 1 unspecified atom stereocenters. The van der Waals surface area contributed by atoms with Crippen molar-refractivity contribution in [1.29, 1.82) is 0 Å². The van der Waals surface area contributed by atoms with E-state index in [0.29, 0.717) is 12.6 Å². The lowest BCUT2D eigenvalue weighted by Crippen LogP contribution is -2.44. The van der Waals surface area contributed by atoms with Gasteiger partial charge in [-0.1, -0.05) is 19.1 Å². The lowest BCUT2D eigenvalue weighted by molar-refractivity contribution is -0.123. The molecule has 5 heteroatoms. The van der Waals surface area contributed by atoms with Crippen molar-refractivity contribution in [2.45, 2.75) is 58.2 Å². The van der Waals surface area contributed by atoms with E-state index in [-0.39, 0.29) is 12.3 Å². The Kier molecular flexibility index (Phi) is 6.65. The number of aryl methyl sites for hydroxylation is 1. The van der Waals surface area contributed by atoms with E-state index in [1.165, 1.54) is 0 Å². The number of alkyl halides is 1. The van der Waals surface area contributed by atoms with E-state index in [4.69, 9.17) is 4.74 Å². The summed E-state index contributed by atoms with van der Waals surface area (Å²) in [4.78, 5) is 16.4. The van der Waals surface area contributed by atoms with Crippen LogP contribution in [0.5, 0.6) is 0 Å². The number of fused-ring (bicyclic) bond motifs is 1. The molecule has 0 saturated carbocycles. The summed E-state index contributed by atoms with van der Waals surface area (Å²) in [6.07, 6.45) is 3.30. The van der Waals surface area contributed by atoms with Crippen molar-refractivity contribution in [3.05, 3.63) is 29.3 Å². The molecule has 1 fully saturated rings. The van der Waals surface area contributed by atoms with Crippen molar-refractivity contribution >= 4 is 11.6 Å². The molecule has 0 bridgehead atoms. The fourth-order valence-electron chi connectivity index (χ4n) is 3.93. The summed E-state index contributed by atoms with van der Waals surface area (Å²) in [6.45, 7) is 8.62. The average molecular weight is 362 g/mol. The predicted molar refractivity (Wildman–Crippen MR) is 102 cm³/mol. The van der Waals surface area contributed by atoms with Crippen LogP contribution in [0.2, 0.25) is 0 Å². The Bertz CT molecular complexity index is 614. The highest BCUT2D eigenvalue weighted by molar-refractivity contribution is 5.99. The summed E-state index contributed by atoms with van der Waals surface area (Å²) in [5.74, 6) is -0.380. The van der Waals surface area contributed by atoms with Crippen LogP contribution in [0.25, 0.3) is 0 Å². The van der Waals surface area contributed by atoms with Crippen LogP contribution in [0.4, 0.5) is 10.1 Å². The van der Waals surface area contributed by atoms with Gasteiger partial charge in [-0.2, -0.15) is 0 Å². The summed E-state index contributed by atoms with van der Waals surface area (Å²) in [7, 11) is 0. The molecule has 1 amide bonds. The van der Waals surface area contributed by atoms with Gasteiger partial charge in [0.25, 0.3) is 5.91 Å². The summed E-state index contributed by atoms with van der Waals surface area (Å²) in [5.41, 5.74) is 2.94. The number of rotatable bonds is 7. The zero-order valence-corrected chi connectivity index (χ0v) is 16.0. The number of halogens is 1. The molecule has 26 heavy (non-hydrogen) atoms. The van der Waals surface area contributed by atoms with Gasteiger partial charge < -0.3 is 14.5 Å². The zero-order valence-electron chi connectivity index (χ0n) is 16.0. The van der Waals surface area contributed by atoms with Gasteiger partial charge in [0.1, 0.15) is 0 Å². The van der Waals surface area contributed by atoms with Crippen molar-refractivity contribution in [3.8, 4) is 0 Å². The molecule has 2 aliphatic heterocycles. The molecule has 0 spiro atoms. The van der Waals surface area contributed by atoms with Gasteiger partial charge in [-0.3, -0.25) is 4.79 Å². The first kappa shape index (κ1) is 19.3. The number of benzene rings is 1. The molecule has 1 aromatic carbocycles. The molecule has 1 atom stereocenters. The minimum atomic E-state index is -1.41. The lowest BCUT2D eigenvalue weighted by atomic mass is 9.98. The highest BCUT2D eigenvalue weighted by Gasteiger charge is 2.32. The van der Waals surface area contributed by atoms with Crippen LogP contribution in [0.15, 0.2) is 18.2 Å². The molecular weight excluding hydrogens is 331 g/mol. The Morgan fingerprint density at radius 1 is 1.23 bits per heavy atom. The van der Waals surface area contributed by atoms with Gasteiger partial charge in [-0.15, -0.1) is 0 Å². The van der Waals surface area contributed by atoms with Crippen LogP contribution in [-0.2, 0) is 16.0 Å². The third-order valence-corrected chi connectivity index (χ3v) is 5.41. The van der Waals surface area contributed by atoms with E-state index in [1.807, 2.05) is 25.1 Å². The molecular formula is C21H31FN2O2. The molecule has 3 rings (SSSR count). The number of ether oxygens (including phenoxy) is 1. The first-order valence-corrected chi connectivity index (χ1v) is 9.97. The van der Waals surface area contributed by atoms with Gasteiger partial charge >= 0.3 is 0 Å². The van der Waals surface area contributed by atoms with Gasteiger partial charge in [0.05, 0.1) is 6.10 Å². The van der Waals surface area contributed by atoms with Crippen LogP contribution in [0, 0.1) is 6.92 Å². The van der Waals surface area contributed by atoms with E-state index in [9.17, 15) is 9.18 Å². The van der Waals surface area contributed by atoms with E-state index in [0.717, 1.165) is 68.7 Å². The number of anilines is 1. The monoisotopic (exact) mass is 362 g/mol. The molecule has 1 saturated heterocycles. The minimum Gasteiger partial charge on any atom is -0.378 e. The normalized spacial score (nSPS) is 21.9. The Balaban J connectivity index is 1.51. The summed E-state index contributed by atoms with van der Waals surface area (Å²) in [6, 6.07) is 5.96. The van der Waals surface area contributed by atoms with Gasteiger partial charge in [0, 0.05) is 38.3 Å². The van der Waals surface area contributed by atoms with Crippen LogP contribution < -0.4 is 4.90 Å². The fraction of sp³-hybridized carbons (Fsp3) is 0.667. The molecule has 1 aromatic rings.